The van der Waals surface area contributed by atoms with E-state index in [0.29, 0.717) is 12.6 Å². The summed E-state index contributed by atoms with van der Waals surface area (Å²) in [6, 6.07) is 10.5. The molecule has 1 amide bonds. The molecular weight excluding hydrogens is 346 g/mol. The molecule has 1 aliphatic rings. The fourth-order valence-electron chi connectivity index (χ4n) is 3.36. The summed E-state index contributed by atoms with van der Waals surface area (Å²) in [4.78, 5) is 22.7. The van der Waals surface area contributed by atoms with E-state index in [-0.39, 0.29) is 5.91 Å². The minimum atomic E-state index is -0.265. The van der Waals surface area contributed by atoms with Crippen molar-refractivity contribution in [2.45, 2.75) is 18.9 Å². The molecule has 26 heavy (non-hydrogen) atoms. The molecule has 134 valence electrons. The highest BCUT2D eigenvalue weighted by Crippen LogP contribution is 2.27. The van der Waals surface area contributed by atoms with E-state index in [1.54, 1.807) is 11.3 Å². The molecule has 3 N–H and O–H groups in total. The first-order valence-electron chi connectivity index (χ1n) is 8.75. The number of nitrogens with two attached hydrogens (primary N) is 1. The second kappa shape index (κ2) is 7.39. The number of amides is 1. The fourth-order valence-corrected chi connectivity index (χ4v) is 3.99. The number of aromatic nitrogens is 2. The van der Waals surface area contributed by atoms with Crippen LogP contribution in [0, 0.1) is 0 Å². The molecule has 3 heterocycles. The second-order valence-electron chi connectivity index (χ2n) is 6.59. The SMILES string of the molecule is NC(=O)CN1CCC(Nc2nc(-c3ccsc3)nc3ccccc23)CC1. The number of anilines is 1. The van der Waals surface area contributed by atoms with E-state index in [1.807, 2.05) is 29.6 Å². The van der Waals surface area contributed by atoms with Crippen LogP contribution in [0.1, 0.15) is 12.8 Å². The summed E-state index contributed by atoms with van der Waals surface area (Å²) in [6.45, 7) is 2.06. The topological polar surface area (TPSA) is 84.1 Å². The standard InChI is InChI=1S/C19H21N5OS/c20-17(25)11-24-8-5-14(6-9-24)21-19-15-3-1-2-4-16(15)22-18(23-19)13-7-10-26-12-13/h1-4,7,10,12,14H,5-6,8-9,11H2,(H2,20,25)(H,21,22,23). The number of rotatable bonds is 5. The van der Waals surface area contributed by atoms with Crippen molar-refractivity contribution >= 4 is 34.0 Å². The van der Waals surface area contributed by atoms with Crippen molar-refractivity contribution in [2.75, 3.05) is 25.0 Å². The van der Waals surface area contributed by atoms with Crippen molar-refractivity contribution in [3.63, 3.8) is 0 Å². The van der Waals surface area contributed by atoms with Crippen LogP contribution in [0.15, 0.2) is 41.1 Å². The Labute approximate surface area is 156 Å². The number of likely N-dealkylation sites (tertiary alicyclic amines) is 1. The zero-order valence-electron chi connectivity index (χ0n) is 14.4. The summed E-state index contributed by atoms with van der Waals surface area (Å²) in [5.74, 6) is 1.36. The predicted molar refractivity (Wildman–Crippen MR) is 105 cm³/mol. The summed E-state index contributed by atoms with van der Waals surface area (Å²) in [7, 11) is 0. The Morgan fingerprint density at radius 3 is 2.77 bits per heavy atom. The summed E-state index contributed by atoms with van der Waals surface area (Å²) in [5.41, 5.74) is 7.28. The molecule has 7 heteroatoms. The average molecular weight is 367 g/mol. The number of fused-ring (bicyclic) bond motifs is 1. The molecule has 0 aliphatic carbocycles. The fraction of sp³-hybridized carbons (Fsp3) is 0.316. The predicted octanol–water partition coefficient (Wildman–Crippen LogP) is 2.72. The summed E-state index contributed by atoms with van der Waals surface area (Å²) < 4.78 is 0. The van der Waals surface area contributed by atoms with Crippen molar-refractivity contribution < 1.29 is 4.79 Å². The van der Waals surface area contributed by atoms with Crippen molar-refractivity contribution in [2.24, 2.45) is 5.73 Å². The molecule has 0 atom stereocenters. The molecule has 0 radical (unpaired) electrons. The Bertz CT molecular complexity index is 903. The Morgan fingerprint density at radius 1 is 1.23 bits per heavy atom. The second-order valence-corrected chi connectivity index (χ2v) is 7.37. The minimum Gasteiger partial charge on any atom is -0.369 e. The lowest BCUT2D eigenvalue weighted by molar-refractivity contribution is -0.119. The summed E-state index contributed by atoms with van der Waals surface area (Å²) >= 11 is 1.64. The first kappa shape index (κ1) is 16.9. The maximum atomic E-state index is 11.1. The third-order valence-corrected chi connectivity index (χ3v) is 5.37. The number of primary amides is 1. The van der Waals surface area contributed by atoms with Gasteiger partial charge in [0.2, 0.25) is 5.91 Å². The number of carbonyl (C=O) groups excluding carboxylic acids is 1. The van der Waals surface area contributed by atoms with E-state index in [1.165, 1.54) is 0 Å². The van der Waals surface area contributed by atoms with Gasteiger partial charge in [-0.2, -0.15) is 11.3 Å². The monoisotopic (exact) mass is 367 g/mol. The van der Waals surface area contributed by atoms with E-state index in [2.05, 4.69) is 21.7 Å². The van der Waals surface area contributed by atoms with Gasteiger partial charge in [-0.15, -0.1) is 0 Å². The zero-order valence-corrected chi connectivity index (χ0v) is 15.2. The number of benzene rings is 1. The smallest absolute Gasteiger partial charge is 0.231 e. The lowest BCUT2D eigenvalue weighted by Gasteiger charge is -2.32. The number of carbonyl (C=O) groups is 1. The minimum absolute atomic E-state index is 0.265. The average Bonchev–Trinajstić information content (AvgIpc) is 3.17. The molecule has 2 aromatic heterocycles. The highest BCUT2D eigenvalue weighted by atomic mass is 32.1. The van der Waals surface area contributed by atoms with E-state index < -0.39 is 0 Å². The number of thiophene rings is 1. The van der Waals surface area contributed by atoms with Gasteiger partial charge in [-0.25, -0.2) is 9.97 Å². The van der Waals surface area contributed by atoms with E-state index in [0.717, 1.165) is 54.0 Å². The molecular formula is C19H21N5OS. The molecule has 0 bridgehead atoms. The van der Waals surface area contributed by atoms with Gasteiger partial charge in [0.1, 0.15) is 5.82 Å². The molecule has 0 unspecified atom stereocenters. The van der Waals surface area contributed by atoms with Gasteiger partial charge in [0, 0.05) is 35.5 Å². The van der Waals surface area contributed by atoms with Crippen molar-refractivity contribution in [3.8, 4) is 11.4 Å². The van der Waals surface area contributed by atoms with Crippen molar-refractivity contribution in [1.82, 2.24) is 14.9 Å². The molecule has 1 aromatic carbocycles. The van der Waals surface area contributed by atoms with Crippen LogP contribution in [0.4, 0.5) is 5.82 Å². The van der Waals surface area contributed by atoms with Crippen LogP contribution in [-0.2, 0) is 4.79 Å². The van der Waals surface area contributed by atoms with Gasteiger partial charge >= 0.3 is 0 Å². The molecule has 0 spiro atoms. The Hall–Kier alpha value is -2.51. The van der Waals surface area contributed by atoms with Gasteiger partial charge in [0.05, 0.1) is 12.1 Å². The van der Waals surface area contributed by atoms with E-state index in [4.69, 9.17) is 15.7 Å². The quantitative estimate of drug-likeness (QED) is 0.724. The number of hydrogen-bond acceptors (Lipinski definition) is 6. The number of piperidine rings is 1. The maximum absolute atomic E-state index is 11.1. The third-order valence-electron chi connectivity index (χ3n) is 4.69. The highest BCUT2D eigenvalue weighted by Gasteiger charge is 2.21. The summed E-state index contributed by atoms with van der Waals surface area (Å²) in [6.07, 6.45) is 1.92. The first-order chi connectivity index (χ1) is 12.7. The van der Waals surface area contributed by atoms with Crippen LogP contribution in [-0.4, -0.2) is 46.5 Å². The Kier molecular flexibility index (Phi) is 4.81. The van der Waals surface area contributed by atoms with Gasteiger partial charge in [-0.05, 0) is 36.4 Å². The number of nitrogens with one attached hydrogen (secondary N) is 1. The Balaban J connectivity index is 1.57. The number of para-hydroxylation sites is 1. The lowest BCUT2D eigenvalue weighted by atomic mass is 10.0. The van der Waals surface area contributed by atoms with Crippen LogP contribution < -0.4 is 11.1 Å². The van der Waals surface area contributed by atoms with Gasteiger partial charge in [0.25, 0.3) is 0 Å². The molecule has 0 saturated carbocycles. The van der Waals surface area contributed by atoms with Crippen LogP contribution in [0.2, 0.25) is 0 Å². The van der Waals surface area contributed by atoms with Crippen LogP contribution >= 0.6 is 11.3 Å². The normalized spacial score (nSPS) is 16.0. The van der Waals surface area contributed by atoms with Crippen LogP contribution in [0.25, 0.3) is 22.3 Å². The molecule has 1 aliphatic heterocycles. The van der Waals surface area contributed by atoms with Crippen LogP contribution in [0.3, 0.4) is 0 Å². The number of hydrogen-bond donors (Lipinski definition) is 2. The van der Waals surface area contributed by atoms with E-state index >= 15 is 0 Å². The molecule has 1 saturated heterocycles. The first-order valence-corrected chi connectivity index (χ1v) is 9.70. The number of nitrogens with zero attached hydrogens (tertiary/aromatic N) is 3. The van der Waals surface area contributed by atoms with Gasteiger partial charge in [0.15, 0.2) is 5.82 Å². The highest BCUT2D eigenvalue weighted by molar-refractivity contribution is 7.08. The molecule has 6 nitrogen and oxygen atoms in total. The van der Waals surface area contributed by atoms with Crippen LogP contribution in [0.5, 0.6) is 0 Å². The van der Waals surface area contributed by atoms with Crippen molar-refractivity contribution in [1.29, 1.82) is 0 Å². The van der Waals surface area contributed by atoms with Gasteiger partial charge in [-0.1, -0.05) is 12.1 Å². The largest absolute Gasteiger partial charge is 0.369 e. The van der Waals surface area contributed by atoms with E-state index in [9.17, 15) is 4.79 Å². The van der Waals surface area contributed by atoms with Gasteiger partial charge < -0.3 is 11.1 Å². The van der Waals surface area contributed by atoms with Gasteiger partial charge in [-0.3, -0.25) is 9.69 Å². The molecule has 4 rings (SSSR count). The lowest BCUT2D eigenvalue weighted by Crippen LogP contribution is -2.43. The maximum Gasteiger partial charge on any atom is 0.231 e. The molecule has 3 aromatic rings. The third kappa shape index (κ3) is 3.68. The Morgan fingerprint density at radius 2 is 2.04 bits per heavy atom. The molecule has 1 fully saturated rings. The van der Waals surface area contributed by atoms with Crippen molar-refractivity contribution in [3.05, 3.63) is 41.1 Å². The zero-order chi connectivity index (χ0) is 17.9. The summed E-state index contributed by atoms with van der Waals surface area (Å²) in [5, 5.41) is 8.75.